The molecule has 7 heteroatoms. The number of benzene rings is 2. The third kappa shape index (κ3) is 4.09. The summed E-state index contributed by atoms with van der Waals surface area (Å²) in [5, 5.41) is 0. The van der Waals surface area contributed by atoms with Gasteiger partial charge in [-0.2, -0.15) is 0 Å². The number of hydrogen-bond donors (Lipinski definition) is 0. The van der Waals surface area contributed by atoms with Gasteiger partial charge >= 0.3 is 5.97 Å². The molecule has 0 amide bonds. The van der Waals surface area contributed by atoms with Crippen molar-refractivity contribution in [3.8, 4) is 0 Å². The van der Waals surface area contributed by atoms with E-state index in [-0.39, 0.29) is 43.6 Å². The van der Waals surface area contributed by atoms with Crippen LogP contribution in [-0.4, -0.2) is 42.6 Å². The summed E-state index contributed by atoms with van der Waals surface area (Å²) in [5.74, 6) is -0.272. The normalized spacial score (nSPS) is 34.5. The van der Waals surface area contributed by atoms with Gasteiger partial charge in [0, 0.05) is 17.8 Å². The van der Waals surface area contributed by atoms with Gasteiger partial charge in [0.25, 0.3) is 0 Å². The summed E-state index contributed by atoms with van der Waals surface area (Å²) in [7, 11) is 0. The Morgan fingerprint density at radius 1 is 0.925 bits per heavy atom. The lowest BCUT2D eigenvalue weighted by atomic mass is 9.56. The van der Waals surface area contributed by atoms with E-state index in [0.717, 1.165) is 23.1 Å². The molecule has 3 fully saturated rings. The van der Waals surface area contributed by atoms with Crippen LogP contribution in [0.3, 0.4) is 0 Å². The molecule has 1 saturated heterocycles. The van der Waals surface area contributed by atoms with Gasteiger partial charge in [-0.1, -0.05) is 74.5 Å². The number of hydrogen-bond acceptors (Lipinski definition) is 7. The molecule has 2 bridgehead atoms. The molecule has 1 heterocycles. The fraction of sp³-hybridized carbons (Fsp3) is 0.515. The van der Waals surface area contributed by atoms with Crippen LogP contribution < -0.4 is 0 Å². The molecule has 6 atom stereocenters. The highest BCUT2D eigenvalue weighted by molar-refractivity contribution is 6.00. The Hall–Kier alpha value is -2.84. The van der Waals surface area contributed by atoms with Gasteiger partial charge in [0.2, 0.25) is 0 Å². The number of allylic oxidation sites excluding steroid dienone is 1. The first-order valence-electron chi connectivity index (χ1n) is 14.3. The van der Waals surface area contributed by atoms with E-state index in [0.29, 0.717) is 31.6 Å². The number of carbonyl (C=O) groups excluding carboxylic acids is 2. The minimum atomic E-state index is -1.22. The maximum absolute atomic E-state index is 13.3. The molecular formula is C33H38O7. The molecule has 40 heavy (non-hydrogen) atoms. The summed E-state index contributed by atoms with van der Waals surface area (Å²) in [6.45, 7) is 6.98. The van der Waals surface area contributed by atoms with Crippen molar-refractivity contribution in [1.29, 1.82) is 0 Å². The highest BCUT2D eigenvalue weighted by Crippen LogP contribution is 2.73. The first kappa shape index (κ1) is 27.3. The minimum absolute atomic E-state index is 0.0332. The van der Waals surface area contributed by atoms with Crippen LogP contribution >= 0.6 is 0 Å². The zero-order valence-electron chi connectivity index (χ0n) is 23.5. The second-order valence-corrected chi connectivity index (χ2v) is 12.0. The Balaban J connectivity index is 1.32. The zero-order chi connectivity index (χ0) is 28.0. The molecule has 0 aromatic heterocycles. The molecule has 2 aromatic rings. The molecule has 3 aliphatic carbocycles. The Morgan fingerprint density at radius 3 is 2.20 bits per heavy atom. The average Bonchev–Trinajstić information content (AvgIpc) is 3.30. The summed E-state index contributed by atoms with van der Waals surface area (Å²) in [6, 6.07) is 19.9. The van der Waals surface area contributed by atoms with Crippen LogP contribution in [0.2, 0.25) is 0 Å². The Bertz CT molecular complexity index is 1290. The van der Waals surface area contributed by atoms with Crippen LogP contribution in [0, 0.1) is 17.3 Å². The van der Waals surface area contributed by atoms with E-state index < -0.39 is 22.7 Å². The number of ketones is 1. The third-order valence-corrected chi connectivity index (χ3v) is 9.85. The molecule has 4 aliphatic rings. The molecule has 1 aliphatic heterocycles. The quantitative estimate of drug-likeness (QED) is 0.221. The van der Waals surface area contributed by atoms with E-state index in [1.54, 1.807) is 0 Å². The molecule has 2 saturated carbocycles. The fourth-order valence-electron chi connectivity index (χ4n) is 8.03. The van der Waals surface area contributed by atoms with Crippen LogP contribution in [0.1, 0.15) is 57.6 Å². The lowest BCUT2D eigenvalue weighted by Gasteiger charge is -2.60. The second-order valence-electron chi connectivity index (χ2n) is 12.0. The van der Waals surface area contributed by atoms with E-state index >= 15 is 0 Å². The number of rotatable bonds is 10. The molecule has 7 nitrogen and oxygen atoms in total. The van der Waals surface area contributed by atoms with Gasteiger partial charge in [0.05, 0.1) is 19.6 Å². The Kier molecular flexibility index (Phi) is 7.20. The highest BCUT2D eigenvalue weighted by Gasteiger charge is 2.83. The second kappa shape index (κ2) is 10.5. The van der Waals surface area contributed by atoms with Gasteiger partial charge in [-0.25, -0.2) is 0 Å². The predicted molar refractivity (Wildman–Crippen MR) is 147 cm³/mol. The van der Waals surface area contributed by atoms with Crippen molar-refractivity contribution in [3.05, 3.63) is 82.9 Å². The number of esters is 1. The molecule has 2 aromatic carbocycles. The summed E-state index contributed by atoms with van der Waals surface area (Å²) < 4.78 is 31.8. The molecular weight excluding hydrogens is 508 g/mol. The Labute approximate surface area is 235 Å². The Morgan fingerprint density at radius 2 is 1.55 bits per heavy atom. The third-order valence-electron chi connectivity index (χ3n) is 9.85. The lowest BCUT2D eigenvalue weighted by molar-refractivity contribution is -0.321. The van der Waals surface area contributed by atoms with Crippen LogP contribution in [0.4, 0.5) is 0 Å². The molecule has 212 valence electrons. The van der Waals surface area contributed by atoms with E-state index in [1.807, 2.05) is 67.6 Å². The molecule has 3 unspecified atom stereocenters. The van der Waals surface area contributed by atoms with E-state index in [1.165, 1.54) is 0 Å². The maximum atomic E-state index is 13.3. The van der Waals surface area contributed by atoms with Gasteiger partial charge in [-0.05, 0) is 48.0 Å². The topological polar surface area (TPSA) is 80.3 Å². The predicted octanol–water partition coefficient (Wildman–Crippen LogP) is 5.52. The monoisotopic (exact) mass is 546 g/mol. The van der Waals surface area contributed by atoms with Crippen LogP contribution in [-0.2, 0) is 46.5 Å². The standard InChI is InChI=1S/C33H38O7/c1-22-14-15-32(39-21-37-19-25-12-8-5-9-13-25)31(3)17-28(35)40-33(32,29-23(2)27(34)16-26(29)31)30(22)38-20-36-18-24-10-6-4-7-11-24/h4-13,22,26,30H,14-21H2,1-3H3/t22?,26-,30?,31-,32+,33?/m1/s1. The van der Waals surface area contributed by atoms with E-state index in [4.69, 9.17) is 23.7 Å². The summed E-state index contributed by atoms with van der Waals surface area (Å²) in [4.78, 5) is 26.4. The highest BCUT2D eigenvalue weighted by atomic mass is 16.7. The van der Waals surface area contributed by atoms with Crippen molar-refractivity contribution in [1.82, 2.24) is 0 Å². The number of carbonyl (C=O) groups is 2. The van der Waals surface area contributed by atoms with Crippen LogP contribution in [0.5, 0.6) is 0 Å². The largest absolute Gasteiger partial charge is 0.448 e. The average molecular weight is 547 g/mol. The van der Waals surface area contributed by atoms with Crippen molar-refractivity contribution >= 4 is 11.8 Å². The van der Waals surface area contributed by atoms with Gasteiger partial charge in [0.1, 0.15) is 25.3 Å². The van der Waals surface area contributed by atoms with Crippen LogP contribution in [0.15, 0.2) is 71.8 Å². The lowest BCUT2D eigenvalue weighted by Crippen LogP contribution is -2.73. The molecule has 0 N–H and O–H groups in total. The van der Waals surface area contributed by atoms with Crippen molar-refractivity contribution in [2.24, 2.45) is 17.3 Å². The number of ether oxygens (including phenoxy) is 5. The minimum Gasteiger partial charge on any atom is -0.448 e. The van der Waals surface area contributed by atoms with Gasteiger partial charge in [-0.15, -0.1) is 0 Å². The number of fused-ring (bicyclic) bond motifs is 2. The maximum Gasteiger partial charge on any atom is 0.307 e. The first-order valence-corrected chi connectivity index (χ1v) is 14.3. The SMILES string of the molecule is CC1=C2[C@@H](CC1=O)[C@@]1(C)CC(=O)OC23C(OCOCc2ccccc2)C(C)CC[C@@]31OCOCc1ccccc1. The number of Topliss-reactive ketones (excluding diaryl/α,β-unsaturated/α-hetero) is 1. The molecule has 6 rings (SSSR count). The van der Waals surface area contributed by atoms with Gasteiger partial charge in [0.15, 0.2) is 11.4 Å². The van der Waals surface area contributed by atoms with Crippen LogP contribution in [0.25, 0.3) is 0 Å². The van der Waals surface area contributed by atoms with E-state index in [9.17, 15) is 9.59 Å². The summed E-state index contributed by atoms with van der Waals surface area (Å²) >= 11 is 0. The van der Waals surface area contributed by atoms with Crippen molar-refractivity contribution < 1.29 is 33.3 Å². The van der Waals surface area contributed by atoms with E-state index in [2.05, 4.69) is 13.8 Å². The smallest absolute Gasteiger partial charge is 0.307 e. The molecule has 0 spiro atoms. The first-order chi connectivity index (χ1) is 19.3. The fourth-order valence-corrected chi connectivity index (χ4v) is 8.03. The molecule has 0 radical (unpaired) electrons. The van der Waals surface area contributed by atoms with Gasteiger partial charge in [-0.3, -0.25) is 9.59 Å². The van der Waals surface area contributed by atoms with Crippen molar-refractivity contribution in [3.63, 3.8) is 0 Å². The summed E-state index contributed by atoms with van der Waals surface area (Å²) in [5.41, 5.74) is 0.922. The van der Waals surface area contributed by atoms with Crippen molar-refractivity contribution in [2.75, 3.05) is 13.6 Å². The van der Waals surface area contributed by atoms with Crippen molar-refractivity contribution in [2.45, 2.75) is 77.0 Å². The summed E-state index contributed by atoms with van der Waals surface area (Å²) in [6.07, 6.45) is 1.52. The van der Waals surface area contributed by atoms with Gasteiger partial charge < -0.3 is 23.7 Å². The zero-order valence-corrected chi connectivity index (χ0v) is 23.5.